The Bertz CT molecular complexity index is 1200. The van der Waals surface area contributed by atoms with Gasteiger partial charge in [0, 0.05) is 16.9 Å². The predicted molar refractivity (Wildman–Crippen MR) is 117 cm³/mol. The Morgan fingerprint density at radius 3 is 2.39 bits per heavy atom. The molecule has 1 unspecified atom stereocenters. The fourth-order valence-corrected chi connectivity index (χ4v) is 3.11. The van der Waals surface area contributed by atoms with E-state index < -0.39 is 11.9 Å². The highest BCUT2D eigenvalue weighted by atomic mass is 35.5. The molecule has 0 spiro atoms. The number of amides is 2. The molecule has 0 aliphatic heterocycles. The fraction of sp³-hybridized carbons (Fsp3) is 0.0909. The average Bonchev–Trinajstić information content (AvgIpc) is 3.47. The maximum atomic E-state index is 12.5. The maximum absolute atomic E-state index is 12.5. The third kappa shape index (κ3) is 4.65. The smallest absolute Gasteiger partial charge is 0.291 e. The molecule has 31 heavy (non-hydrogen) atoms. The molecule has 0 radical (unpaired) electrons. The van der Waals surface area contributed by atoms with E-state index in [2.05, 4.69) is 20.7 Å². The number of hydrogen-bond acceptors (Lipinski definition) is 5. The highest BCUT2D eigenvalue weighted by Crippen LogP contribution is 2.29. The van der Waals surface area contributed by atoms with Gasteiger partial charge in [0.05, 0.1) is 5.02 Å². The molecular weight excluding hydrogens is 418 g/mol. The first-order valence-electron chi connectivity index (χ1n) is 9.42. The van der Waals surface area contributed by atoms with Crippen LogP contribution in [0.1, 0.15) is 23.5 Å². The monoisotopic (exact) mass is 435 g/mol. The molecule has 0 saturated heterocycles. The number of aromatic nitrogens is 3. The minimum absolute atomic E-state index is 0.161. The molecule has 1 atom stereocenters. The Kier molecular flexibility index (Phi) is 5.81. The van der Waals surface area contributed by atoms with Gasteiger partial charge >= 0.3 is 0 Å². The van der Waals surface area contributed by atoms with Crippen molar-refractivity contribution in [3.05, 3.63) is 84.1 Å². The number of carbonyl (C=O) groups is 2. The number of rotatable bonds is 6. The highest BCUT2D eigenvalue weighted by molar-refractivity contribution is 6.33. The van der Waals surface area contributed by atoms with Gasteiger partial charge < -0.3 is 15.1 Å². The zero-order chi connectivity index (χ0) is 21.8. The number of furan rings is 1. The van der Waals surface area contributed by atoms with E-state index in [1.165, 1.54) is 17.3 Å². The SMILES string of the molecule is CC(C(=O)Nc1ccc(NC(=O)c2ccc(-c3ccccc3Cl)o2)cc1)n1cncn1. The van der Waals surface area contributed by atoms with Gasteiger partial charge in [-0.05, 0) is 55.5 Å². The maximum Gasteiger partial charge on any atom is 0.291 e. The normalized spacial score (nSPS) is 11.7. The molecule has 2 aromatic heterocycles. The van der Waals surface area contributed by atoms with Crippen molar-refractivity contribution in [2.24, 2.45) is 0 Å². The predicted octanol–water partition coefficient (Wildman–Crippen LogP) is 4.64. The summed E-state index contributed by atoms with van der Waals surface area (Å²) in [7, 11) is 0. The summed E-state index contributed by atoms with van der Waals surface area (Å²) in [6.07, 6.45) is 2.85. The minimum atomic E-state index is -0.506. The molecule has 4 aromatic rings. The van der Waals surface area contributed by atoms with Crippen LogP contribution in [0.25, 0.3) is 11.3 Å². The average molecular weight is 436 g/mol. The number of nitrogens with zero attached hydrogens (tertiary/aromatic N) is 3. The second-order valence-corrected chi connectivity index (χ2v) is 7.12. The zero-order valence-corrected chi connectivity index (χ0v) is 17.2. The molecule has 0 bridgehead atoms. The van der Waals surface area contributed by atoms with Crippen molar-refractivity contribution < 1.29 is 14.0 Å². The number of carbonyl (C=O) groups excluding carboxylic acids is 2. The van der Waals surface area contributed by atoms with E-state index in [1.807, 2.05) is 18.2 Å². The summed E-state index contributed by atoms with van der Waals surface area (Å²) in [4.78, 5) is 28.7. The Labute approximate surface area is 182 Å². The van der Waals surface area contributed by atoms with Crippen molar-refractivity contribution in [3.8, 4) is 11.3 Å². The van der Waals surface area contributed by atoms with Crippen LogP contribution in [0, 0.1) is 0 Å². The molecule has 9 heteroatoms. The standard InChI is InChI=1S/C22H18ClN5O3/c1-14(28-13-24-12-25-28)21(29)26-15-6-8-16(9-7-15)27-22(30)20-11-10-19(31-20)17-4-2-3-5-18(17)23/h2-14H,1H3,(H,26,29)(H,27,30). The first-order chi connectivity index (χ1) is 15.0. The Hall–Kier alpha value is -3.91. The van der Waals surface area contributed by atoms with Crippen LogP contribution in [0.3, 0.4) is 0 Å². The van der Waals surface area contributed by atoms with Crippen LogP contribution in [0.2, 0.25) is 5.02 Å². The molecule has 4 rings (SSSR count). The number of halogens is 1. The van der Waals surface area contributed by atoms with Crippen molar-refractivity contribution in [2.45, 2.75) is 13.0 Å². The first kappa shape index (κ1) is 20.4. The summed E-state index contributed by atoms with van der Waals surface area (Å²) in [5, 5.41) is 10.1. The van der Waals surface area contributed by atoms with Crippen LogP contribution in [0.15, 0.2) is 77.7 Å². The van der Waals surface area contributed by atoms with Crippen molar-refractivity contribution in [1.29, 1.82) is 0 Å². The van der Waals surface area contributed by atoms with Gasteiger partial charge in [0.1, 0.15) is 24.5 Å². The van der Waals surface area contributed by atoms with Crippen LogP contribution in [-0.4, -0.2) is 26.6 Å². The quantitative estimate of drug-likeness (QED) is 0.459. The molecule has 0 fully saturated rings. The van der Waals surface area contributed by atoms with Gasteiger partial charge in [-0.25, -0.2) is 9.67 Å². The third-order valence-electron chi connectivity index (χ3n) is 4.59. The van der Waals surface area contributed by atoms with E-state index in [1.54, 1.807) is 49.4 Å². The lowest BCUT2D eigenvalue weighted by Gasteiger charge is -2.12. The fourth-order valence-electron chi connectivity index (χ4n) is 2.88. The van der Waals surface area contributed by atoms with Crippen molar-refractivity contribution in [3.63, 3.8) is 0 Å². The topological polar surface area (TPSA) is 102 Å². The zero-order valence-electron chi connectivity index (χ0n) is 16.4. The number of nitrogens with one attached hydrogen (secondary N) is 2. The van der Waals surface area contributed by atoms with Crippen LogP contribution >= 0.6 is 11.6 Å². The molecular formula is C22H18ClN5O3. The van der Waals surface area contributed by atoms with Gasteiger partial charge in [0.25, 0.3) is 5.91 Å². The lowest BCUT2D eigenvalue weighted by molar-refractivity contribution is -0.119. The summed E-state index contributed by atoms with van der Waals surface area (Å²) in [5.41, 5.74) is 1.86. The van der Waals surface area contributed by atoms with Crippen LogP contribution in [0.5, 0.6) is 0 Å². The molecule has 0 aliphatic carbocycles. The summed E-state index contributed by atoms with van der Waals surface area (Å²) < 4.78 is 7.12. The first-order valence-corrected chi connectivity index (χ1v) is 9.80. The van der Waals surface area contributed by atoms with Crippen LogP contribution < -0.4 is 10.6 Å². The largest absolute Gasteiger partial charge is 0.451 e. The number of hydrogen-bond donors (Lipinski definition) is 2. The second-order valence-electron chi connectivity index (χ2n) is 6.72. The highest BCUT2D eigenvalue weighted by Gasteiger charge is 2.16. The van der Waals surface area contributed by atoms with Crippen LogP contribution in [-0.2, 0) is 4.79 Å². The van der Waals surface area contributed by atoms with E-state index in [0.29, 0.717) is 27.7 Å². The van der Waals surface area contributed by atoms with E-state index >= 15 is 0 Å². The molecule has 2 N–H and O–H groups in total. The summed E-state index contributed by atoms with van der Waals surface area (Å²) in [5.74, 6) is 0.0455. The lowest BCUT2D eigenvalue weighted by Crippen LogP contribution is -2.24. The van der Waals surface area contributed by atoms with Gasteiger partial charge in [-0.1, -0.05) is 23.7 Å². The van der Waals surface area contributed by atoms with E-state index in [9.17, 15) is 9.59 Å². The van der Waals surface area contributed by atoms with Crippen molar-refractivity contribution >= 4 is 34.8 Å². The minimum Gasteiger partial charge on any atom is -0.451 e. The lowest BCUT2D eigenvalue weighted by atomic mass is 10.2. The molecule has 2 aromatic carbocycles. The Balaban J connectivity index is 1.38. The summed E-state index contributed by atoms with van der Waals surface area (Å²) in [6, 6.07) is 16.8. The molecule has 2 amide bonds. The third-order valence-corrected chi connectivity index (χ3v) is 4.92. The van der Waals surface area contributed by atoms with Gasteiger partial charge in [0.2, 0.25) is 5.91 Å². The van der Waals surface area contributed by atoms with Gasteiger partial charge in [0.15, 0.2) is 5.76 Å². The summed E-state index contributed by atoms with van der Waals surface area (Å²) >= 11 is 6.18. The second kappa shape index (κ2) is 8.85. The Morgan fingerprint density at radius 2 is 1.71 bits per heavy atom. The molecule has 156 valence electrons. The van der Waals surface area contributed by atoms with Gasteiger partial charge in [-0.15, -0.1) is 0 Å². The van der Waals surface area contributed by atoms with Crippen LogP contribution in [0.4, 0.5) is 11.4 Å². The molecule has 2 heterocycles. The van der Waals surface area contributed by atoms with E-state index in [-0.39, 0.29) is 11.7 Å². The van der Waals surface area contributed by atoms with E-state index in [4.69, 9.17) is 16.0 Å². The van der Waals surface area contributed by atoms with Gasteiger partial charge in [-0.3, -0.25) is 9.59 Å². The molecule has 0 saturated carbocycles. The number of anilines is 2. The molecule has 8 nitrogen and oxygen atoms in total. The Morgan fingerprint density at radius 1 is 1.00 bits per heavy atom. The summed E-state index contributed by atoms with van der Waals surface area (Å²) in [6.45, 7) is 1.72. The molecule has 0 aliphatic rings. The van der Waals surface area contributed by atoms with Crippen molar-refractivity contribution in [1.82, 2.24) is 14.8 Å². The number of benzene rings is 2. The van der Waals surface area contributed by atoms with Gasteiger partial charge in [-0.2, -0.15) is 5.10 Å². The van der Waals surface area contributed by atoms with Crippen molar-refractivity contribution in [2.75, 3.05) is 10.6 Å². The van der Waals surface area contributed by atoms with E-state index in [0.717, 1.165) is 0 Å².